The van der Waals surface area contributed by atoms with E-state index < -0.39 is 17.7 Å². The quantitative estimate of drug-likeness (QED) is 0.0946. The molecule has 0 aliphatic heterocycles. The summed E-state index contributed by atoms with van der Waals surface area (Å²) in [5, 5.41) is 19.2. The average Bonchev–Trinajstić information content (AvgIpc) is 3.05. The van der Waals surface area contributed by atoms with Gasteiger partial charge >= 0.3 is 12.1 Å². The molecule has 6 N–H and O–H groups in total. The van der Waals surface area contributed by atoms with E-state index in [2.05, 4.69) is 35.9 Å². The second-order valence-electron chi connectivity index (χ2n) is 10.4. The fourth-order valence-corrected chi connectivity index (χ4v) is 4.93. The summed E-state index contributed by atoms with van der Waals surface area (Å²) in [6, 6.07) is 24.7. The molecule has 0 atom stereocenters. The van der Waals surface area contributed by atoms with Crippen LogP contribution in [-0.4, -0.2) is 31.0 Å². The maximum absolute atomic E-state index is 13.8. The monoisotopic (exact) mass is 668 g/mol. The fraction of sp³-hybridized carbons (Fsp3) is 0.0294. The van der Waals surface area contributed by atoms with Gasteiger partial charge in [0.05, 0.1) is 33.9 Å². The average molecular weight is 669 g/mol. The molecule has 6 rings (SSSR count). The van der Waals surface area contributed by atoms with E-state index in [1.807, 2.05) is 12.1 Å². The Labute approximate surface area is 276 Å². The zero-order valence-corrected chi connectivity index (χ0v) is 25.4. The summed E-state index contributed by atoms with van der Waals surface area (Å²) >= 11 is 6.13. The Morgan fingerprint density at radius 2 is 1.33 bits per heavy atom. The SMILES string of the molecule is Nc1cccc(-c2ccnc(Nc3cc(Nc4cc(C(F)(F)F)ccc4Nc4nccc(-c5cccc(Cl)c5)n4)cc(C(=O)O)c3)n2)c1. The first-order valence-electron chi connectivity index (χ1n) is 14.2. The molecule has 2 heterocycles. The highest BCUT2D eigenvalue weighted by atomic mass is 35.5. The first kappa shape index (κ1) is 31.8. The molecular weight excluding hydrogens is 645 g/mol. The molecule has 48 heavy (non-hydrogen) atoms. The smallest absolute Gasteiger partial charge is 0.416 e. The molecule has 0 saturated carbocycles. The summed E-state index contributed by atoms with van der Waals surface area (Å²) < 4.78 is 41.4. The zero-order chi connectivity index (χ0) is 33.8. The fourth-order valence-electron chi connectivity index (χ4n) is 4.74. The highest BCUT2D eigenvalue weighted by Crippen LogP contribution is 2.37. The first-order chi connectivity index (χ1) is 23.0. The standard InChI is InChI=1S/C34H24ClF3N8O2/c35-23-5-1-3-19(13-23)27-9-12-41-33(45-27)46-29-8-7-22(34(36,37)38)17-30(29)42-25-15-21(31(47)48)16-26(18-25)43-32-40-11-10-28(44-32)20-4-2-6-24(39)14-20/h1-18,42H,39H2,(H,47,48)(H,40,43,44)(H,41,45,46). The zero-order valence-electron chi connectivity index (χ0n) is 24.6. The molecule has 6 aromatic rings. The van der Waals surface area contributed by atoms with E-state index in [1.165, 1.54) is 36.7 Å². The van der Waals surface area contributed by atoms with Crippen molar-refractivity contribution in [2.75, 3.05) is 21.7 Å². The van der Waals surface area contributed by atoms with Crippen LogP contribution in [0.2, 0.25) is 5.02 Å². The number of nitrogens with one attached hydrogen (secondary N) is 3. The third kappa shape index (κ3) is 7.59. The van der Waals surface area contributed by atoms with Crippen molar-refractivity contribution in [3.63, 3.8) is 0 Å². The number of carboxylic acid groups (broad SMARTS) is 1. The van der Waals surface area contributed by atoms with Crippen molar-refractivity contribution in [3.8, 4) is 22.5 Å². The first-order valence-corrected chi connectivity index (χ1v) is 14.6. The molecule has 0 unspecified atom stereocenters. The van der Waals surface area contributed by atoms with Crippen LogP contribution < -0.4 is 21.7 Å². The summed E-state index contributed by atoms with van der Waals surface area (Å²) in [6.07, 6.45) is -1.63. The van der Waals surface area contributed by atoms with Crippen LogP contribution in [0.1, 0.15) is 15.9 Å². The van der Waals surface area contributed by atoms with Crippen molar-refractivity contribution in [1.29, 1.82) is 0 Å². The van der Waals surface area contributed by atoms with Crippen molar-refractivity contribution >= 4 is 57.9 Å². The van der Waals surface area contributed by atoms with Crippen LogP contribution in [0.25, 0.3) is 22.5 Å². The lowest BCUT2D eigenvalue weighted by atomic mass is 10.1. The van der Waals surface area contributed by atoms with Crippen molar-refractivity contribution < 1.29 is 23.1 Å². The van der Waals surface area contributed by atoms with Crippen molar-refractivity contribution in [1.82, 2.24) is 19.9 Å². The summed E-state index contributed by atoms with van der Waals surface area (Å²) in [4.78, 5) is 29.5. The normalized spacial score (nSPS) is 11.2. The predicted octanol–water partition coefficient (Wildman–Crippen LogP) is 8.78. The maximum atomic E-state index is 13.8. The minimum absolute atomic E-state index is 0.0185. The largest absolute Gasteiger partial charge is 0.478 e. The van der Waals surface area contributed by atoms with E-state index in [9.17, 15) is 23.1 Å². The number of carbonyl (C=O) groups is 1. The van der Waals surface area contributed by atoms with Crippen LogP contribution in [0.15, 0.2) is 109 Å². The van der Waals surface area contributed by atoms with Gasteiger partial charge in [0.25, 0.3) is 0 Å². The Hall–Kier alpha value is -6.21. The molecule has 240 valence electrons. The molecule has 14 heteroatoms. The molecule has 0 aliphatic rings. The lowest BCUT2D eigenvalue weighted by Gasteiger charge is -2.17. The van der Waals surface area contributed by atoms with Gasteiger partial charge in [0.15, 0.2) is 0 Å². The van der Waals surface area contributed by atoms with Gasteiger partial charge in [-0.3, -0.25) is 0 Å². The molecule has 0 saturated heterocycles. The second kappa shape index (κ2) is 13.3. The van der Waals surface area contributed by atoms with E-state index in [0.29, 0.717) is 27.7 Å². The molecule has 0 spiro atoms. The van der Waals surface area contributed by atoms with Crippen molar-refractivity contribution in [2.45, 2.75) is 6.18 Å². The number of aromatic carboxylic acids is 1. The number of nitrogens with zero attached hydrogens (tertiary/aromatic N) is 4. The molecule has 0 fully saturated rings. The van der Waals surface area contributed by atoms with Crippen molar-refractivity contribution in [3.05, 3.63) is 126 Å². The summed E-state index contributed by atoms with van der Waals surface area (Å²) in [7, 11) is 0. The van der Waals surface area contributed by atoms with Gasteiger partial charge in [-0.25, -0.2) is 24.7 Å². The Morgan fingerprint density at radius 1 is 0.708 bits per heavy atom. The van der Waals surface area contributed by atoms with Crippen LogP contribution in [0.3, 0.4) is 0 Å². The predicted molar refractivity (Wildman–Crippen MR) is 179 cm³/mol. The van der Waals surface area contributed by atoms with Gasteiger partial charge in [-0.2, -0.15) is 13.2 Å². The maximum Gasteiger partial charge on any atom is 0.416 e. The number of nitrogens with two attached hydrogens (primary N) is 1. The Bertz CT molecular complexity index is 2150. The lowest BCUT2D eigenvalue weighted by molar-refractivity contribution is -0.137. The van der Waals surface area contributed by atoms with Crippen LogP contribution in [0.4, 0.5) is 53.5 Å². The summed E-state index contributed by atoms with van der Waals surface area (Å²) in [6.45, 7) is 0. The second-order valence-corrected chi connectivity index (χ2v) is 10.8. The number of rotatable bonds is 9. The van der Waals surface area contributed by atoms with E-state index in [-0.39, 0.29) is 40.2 Å². The van der Waals surface area contributed by atoms with Crippen molar-refractivity contribution in [2.24, 2.45) is 0 Å². The number of hydrogen-bond donors (Lipinski definition) is 5. The number of halogens is 4. The molecule has 2 aromatic heterocycles. The third-order valence-corrected chi connectivity index (χ3v) is 7.16. The number of hydrogen-bond acceptors (Lipinski definition) is 9. The number of aromatic nitrogens is 4. The molecule has 4 aromatic carbocycles. The molecule has 0 radical (unpaired) electrons. The minimum atomic E-state index is -4.65. The summed E-state index contributed by atoms with van der Waals surface area (Å²) in [5.74, 6) is -1.000. The van der Waals surface area contributed by atoms with E-state index in [1.54, 1.807) is 48.5 Å². The number of alkyl halides is 3. The van der Waals surface area contributed by atoms with Gasteiger partial charge < -0.3 is 26.8 Å². The summed E-state index contributed by atoms with van der Waals surface area (Å²) in [5.41, 5.74) is 8.54. The van der Waals surface area contributed by atoms with Gasteiger partial charge in [-0.05, 0) is 72.8 Å². The number of nitrogen functional groups attached to an aromatic ring is 1. The van der Waals surface area contributed by atoms with Crippen LogP contribution in [0, 0.1) is 0 Å². The Morgan fingerprint density at radius 3 is 1.96 bits per heavy atom. The van der Waals surface area contributed by atoms with Gasteiger partial charge in [0.2, 0.25) is 11.9 Å². The van der Waals surface area contributed by atoms with Crippen LogP contribution in [0.5, 0.6) is 0 Å². The molecule has 0 amide bonds. The van der Waals surface area contributed by atoms with Gasteiger partial charge in [0, 0.05) is 45.6 Å². The van der Waals surface area contributed by atoms with Gasteiger partial charge in [-0.15, -0.1) is 0 Å². The lowest BCUT2D eigenvalue weighted by Crippen LogP contribution is -2.08. The Balaban J connectivity index is 1.33. The van der Waals surface area contributed by atoms with Crippen LogP contribution >= 0.6 is 11.6 Å². The highest BCUT2D eigenvalue weighted by molar-refractivity contribution is 6.30. The minimum Gasteiger partial charge on any atom is -0.478 e. The van der Waals surface area contributed by atoms with Gasteiger partial charge in [-0.1, -0.05) is 35.9 Å². The molecule has 0 bridgehead atoms. The number of carboxylic acids is 1. The third-order valence-electron chi connectivity index (χ3n) is 6.92. The van der Waals surface area contributed by atoms with Crippen LogP contribution in [-0.2, 0) is 6.18 Å². The molecular formula is C34H24ClF3N8O2. The van der Waals surface area contributed by atoms with E-state index in [0.717, 1.165) is 17.7 Å². The molecule has 10 nitrogen and oxygen atoms in total. The highest BCUT2D eigenvalue weighted by Gasteiger charge is 2.31. The topological polar surface area (TPSA) is 151 Å². The van der Waals surface area contributed by atoms with Gasteiger partial charge in [0.1, 0.15) is 0 Å². The molecule has 0 aliphatic carbocycles. The Kier molecular flexibility index (Phi) is 8.77. The number of anilines is 7. The van der Waals surface area contributed by atoms with E-state index >= 15 is 0 Å². The van der Waals surface area contributed by atoms with E-state index in [4.69, 9.17) is 17.3 Å². The number of benzene rings is 4.